The van der Waals surface area contributed by atoms with Gasteiger partial charge in [0.15, 0.2) is 0 Å². The molecule has 1 aromatic rings. The molecule has 0 saturated carbocycles. The first-order chi connectivity index (χ1) is 9.49. The molecule has 0 aliphatic carbocycles. The molecule has 1 fully saturated rings. The zero-order chi connectivity index (χ0) is 14.7. The molecule has 8 heteroatoms. The molecule has 0 unspecified atom stereocenters. The van der Waals surface area contributed by atoms with Crippen LogP contribution in [0.25, 0.3) is 0 Å². The highest BCUT2D eigenvalue weighted by molar-refractivity contribution is 9.10. The van der Waals surface area contributed by atoms with Crippen molar-refractivity contribution in [2.75, 3.05) is 51.7 Å². The van der Waals surface area contributed by atoms with Crippen LogP contribution in [0.2, 0.25) is 0 Å². The Balaban J connectivity index is 1.96. The minimum atomic E-state index is -0.229. The van der Waals surface area contributed by atoms with Crippen LogP contribution in [0.3, 0.4) is 0 Å². The van der Waals surface area contributed by atoms with Gasteiger partial charge in [-0.05, 0) is 15.9 Å². The van der Waals surface area contributed by atoms with E-state index in [0.717, 1.165) is 31.9 Å². The van der Waals surface area contributed by atoms with Crippen molar-refractivity contribution >= 4 is 27.5 Å². The van der Waals surface area contributed by atoms with Crippen molar-refractivity contribution in [2.24, 2.45) is 0 Å². The van der Waals surface area contributed by atoms with Gasteiger partial charge in [0.05, 0.1) is 18.4 Å². The lowest BCUT2D eigenvalue weighted by Crippen LogP contribution is -2.49. The quantitative estimate of drug-likeness (QED) is 0.818. The Morgan fingerprint density at radius 2 is 2.05 bits per heavy atom. The molecule has 1 saturated heterocycles. The van der Waals surface area contributed by atoms with E-state index in [1.54, 1.807) is 25.2 Å². The van der Waals surface area contributed by atoms with Crippen LogP contribution in [-0.2, 0) is 4.79 Å². The molecule has 1 amide bonds. The number of halogens is 1. The van der Waals surface area contributed by atoms with Gasteiger partial charge in [0.25, 0.3) is 5.56 Å². The number of hydrogen-bond donors (Lipinski definition) is 1. The molecule has 1 aliphatic heterocycles. The van der Waals surface area contributed by atoms with E-state index in [2.05, 4.69) is 35.9 Å². The van der Waals surface area contributed by atoms with Crippen molar-refractivity contribution in [3.05, 3.63) is 21.0 Å². The minimum Gasteiger partial charge on any atom is -0.367 e. The lowest BCUT2D eigenvalue weighted by atomic mass is 10.3. The molecule has 1 N–H and O–H groups in total. The molecular weight excluding hydrogens is 326 g/mol. The van der Waals surface area contributed by atoms with Gasteiger partial charge in [-0.15, -0.1) is 0 Å². The van der Waals surface area contributed by atoms with Crippen LogP contribution < -0.4 is 10.5 Å². The predicted molar refractivity (Wildman–Crippen MR) is 79.9 cm³/mol. The van der Waals surface area contributed by atoms with Gasteiger partial charge >= 0.3 is 0 Å². The number of hydrogen-bond acceptors (Lipinski definition) is 5. The van der Waals surface area contributed by atoms with Gasteiger partial charge in [-0.3, -0.25) is 14.5 Å². The van der Waals surface area contributed by atoms with Gasteiger partial charge in [0.2, 0.25) is 5.91 Å². The standard InChI is InChI=1S/C12H18BrN5O2/c1-16(2)10(19)8-17-3-5-18(6-4-17)9-7-14-15-12(20)11(9)13/h7H,3-6,8H2,1-2H3,(H,15,20). The first-order valence-corrected chi connectivity index (χ1v) is 7.19. The van der Waals surface area contributed by atoms with Gasteiger partial charge in [-0.1, -0.05) is 0 Å². The maximum absolute atomic E-state index is 11.7. The van der Waals surface area contributed by atoms with Crippen LogP contribution in [0.15, 0.2) is 15.5 Å². The highest BCUT2D eigenvalue weighted by Crippen LogP contribution is 2.22. The summed E-state index contributed by atoms with van der Waals surface area (Å²) in [5.41, 5.74) is 0.569. The fourth-order valence-corrected chi connectivity index (χ4v) is 2.52. The molecule has 1 aromatic heterocycles. The summed E-state index contributed by atoms with van der Waals surface area (Å²) in [6.07, 6.45) is 1.64. The van der Waals surface area contributed by atoms with Crippen molar-refractivity contribution in [3.63, 3.8) is 0 Å². The number of aromatic amines is 1. The number of anilines is 1. The van der Waals surface area contributed by atoms with Crippen LogP contribution in [-0.4, -0.2) is 72.7 Å². The molecule has 20 heavy (non-hydrogen) atoms. The number of rotatable bonds is 3. The molecule has 0 bridgehead atoms. The summed E-state index contributed by atoms with van der Waals surface area (Å²) in [7, 11) is 3.52. The average molecular weight is 344 g/mol. The summed E-state index contributed by atoms with van der Waals surface area (Å²) < 4.78 is 0.505. The van der Waals surface area contributed by atoms with E-state index in [4.69, 9.17) is 0 Å². The van der Waals surface area contributed by atoms with Crippen LogP contribution in [0.4, 0.5) is 5.69 Å². The van der Waals surface area contributed by atoms with Gasteiger partial charge in [0.1, 0.15) is 4.47 Å². The Bertz CT molecular complexity index is 537. The topological polar surface area (TPSA) is 72.5 Å². The van der Waals surface area contributed by atoms with Gasteiger partial charge in [-0.25, -0.2) is 5.10 Å². The summed E-state index contributed by atoms with van der Waals surface area (Å²) in [6, 6.07) is 0. The largest absolute Gasteiger partial charge is 0.367 e. The molecule has 0 aromatic carbocycles. The van der Waals surface area contributed by atoms with Crippen molar-refractivity contribution in [2.45, 2.75) is 0 Å². The Morgan fingerprint density at radius 1 is 1.40 bits per heavy atom. The van der Waals surface area contributed by atoms with Gasteiger partial charge in [0, 0.05) is 40.3 Å². The van der Waals surface area contributed by atoms with E-state index in [1.165, 1.54) is 0 Å². The lowest BCUT2D eigenvalue weighted by molar-refractivity contribution is -0.129. The normalized spacial score (nSPS) is 16.2. The summed E-state index contributed by atoms with van der Waals surface area (Å²) in [5.74, 6) is 0.109. The zero-order valence-corrected chi connectivity index (χ0v) is 13.2. The van der Waals surface area contributed by atoms with E-state index in [1.807, 2.05) is 0 Å². The second kappa shape index (κ2) is 6.36. The number of carbonyl (C=O) groups excluding carboxylic acids is 1. The summed E-state index contributed by atoms with van der Waals surface area (Å²) in [4.78, 5) is 29.0. The number of amides is 1. The summed E-state index contributed by atoms with van der Waals surface area (Å²) in [5, 5.41) is 6.21. The van der Waals surface area contributed by atoms with Gasteiger partial charge in [-0.2, -0.15) is 5.10 Å². The van der Waals surface area contributed by atoms with E-state index < -0.39 is 0 Å². The number of carbonyl (C=O) groups is 1. The molecule has 2 rings (SSSR count). The van der Waals surface area contributed by atoms with Crippen molar-refractivity contribution < 1.29 is 4.79 Å². The monoisotopic (exact) mass is 343 g/mol. The molecule has 1 aliphatic rings. The van der Waals surface area contributed by atoms with Crippen LogP contribution in [0, 0.1) is 0 Å². The number of piperazine rings is 1. The van der Waals surface area contributed by atoms with Crippen molar-refractivity contribution in [1.29, 1.82) is 0 Å². The van der Waals surface area contributed by atoms with E-state index in [9.17, 15) is 9.59 Å². The zero-order valence-electron chi connectivity index (χ0n) is 11.6. The third-order valence-corrected chi connectivity index (χ3v) is 4.11. The van der Waals surface area contributed by atoms with E-state index in [0.29, 0.717) is 11.0 Å². The highest BCUT2D eigenvalue weighted by atomic mass is 79.9. The lowest BCUT2D eigenvalue weighted by Gasteiger charge is -2.36. The van der Waals surface area contributed by atoms with E-state index in [-0.39, 0.29) is 11.5 Å². The van der Waals surface area contributed by atoms with E-state index >= 15 is 0 Å². The Hall–Kier alpha value is -1.41. The second-order valence-corrected chi connectivity index (χ2v) is 5.74. The second-order valence-electron chi connectivity index (χ2n) is 4.95. The molecule has 2 heterocycles. The molecular formula is C12H18BrN5O2. The molecule has 0 spiro atoms. The molecule has 7 nitrogen and oxygen atoms in total. The summed E-state index contributed by atoms with van der Waals surface area (Å²) >= 11 is 3.29. The Labute approximate surface area is 125 Å². The van der Waals surface area contributed by atoms with Gasteiger partial charge < -0.3 is 9.80 Å². The number of nitrogens with zero attached hydrogens (tertiary/aromatic N) is 4. The van der Waals surface area contributed by atoms with Crippen molar-refractivity contribution in [1.82, 2.24) is 20.0 Å². The van der Waals surface area contributed by atoms with Crippen LogP contribution in [0.1, 0.15) is 0 Å². The maximum Gasteiger partial charge on any atom is 0.280 e. The molecule has 0 atom stereocenters. The SMILES string of the molecule is CN(C)C(=O)CN1CCN(c2cn[nH]c(=O)c2Br)CC1. The van der Waals surface area contributed by atoms with Crippen LogP contribution >= 0.6 is 15.9 Å². The predicted octanol–water partition coefficient (Wildman–Crippen LogP) is -0.257. The highest BCUT2D eigenvalue weighted by Gasteiger charge is 2.21. The Morgan fingerprint density at radius 3 is 2.65 bits per heavy atom. The first-order valence-electron chi connectivity index (χ1n) is 6.39. The number of H-pyrrole nitrogens is 1. The fourth-order valence-electron chi connectivity index (χ4n) is 2.07. The average Bonchev–Trinajstić information content (AvgIpc) is 2.43. The van der Waals surface area contributed by atoms with Crippen molar-refractivity contribution in [3.8, 4) is 0 Å². The third-order valence-electron chi connectivity index (χ3n) is 3.35. The minimum absolute atomic E-state index is 0.109. The fraction of sp³-hybridized carbons (Fsp3) is 0.583. The Kier molecular flexibility index (Phi) is 4.77. The first kappa shape index (κ1) is 15.0. The smallest absolute Gasteiger partial charge is 0.280 e. The third kappa shape index (κ3) is 3.37. The molecule has 110 valence electrons. The number of likely N-dealkylation sites (N-methyl/N-ethyl adjacent to an activating group) is 1. The van der Waals surface area contributed by atoms with Crippen LogP contribution in [0.5, 0.6) is 0 Å². The maximum atomic E-state index is 11.7. The number of nitrogens with one attached hydrogen (secondary N) is 1. The number of aromatic nitrogens is 2. The molecule has 0 radical (unpaired) electrons. The summed E-state index contributed by atoms with van der Waals surface area (Å²) in [6.45, 7) is 3.56.